The highest BCUT2D eigenvalue weighted by Crippen LogP contribution is 2.33. The molecule has 0 saturated heterocycles. The molecule has 3 heterocycles. The van der Waals surface area contributed by atoms with E-state index in [1.807, 2.05) is 13.8 Å². The van der Waals surface area contributed by atoms with Gasteiger partial charge in [-0.1, -0.05) is 22.8 Å². The van der Waals surface area contributed by atoms with E-state index in [-0.39, 0.29) is 33.6 Å². The third-order valence-corrected chi connectivity index (χ3v) is 4.78. The maximum atomic E-state index is 14.3. The number of carbonyl (C=O) groups is 1. The number of nitrogens with zero attached hydrogens (tertiary/aromatic N) is 4. The van der Waals surface area contributed by atoms with Crippen LogP contribution in [-0.4, -0.2) is 25.8 Å². The predicted molar refractivity (Wildman–Crippen MR) is 108 cm³/mol. The molecular weight excluding hydrogens is 397 g/mol. The third kappa shape index (κ3) is 3.36. The molecule has 0 aliphatic heterocycles. The summed E-state index contributed by atoms with van der Waals surface area (Å²) in [6, 6.07) is 6.18. The zero-order chi connectivity index (χ0) is 20.7. The molecule has 4 aromatic rings. The number of anilines is 1. The van der Waals surface area contributed by atoms with Crippen molar-refractivity contribution < 1.29 is 13.7 Å². The Balaban J connectivity index is 1.70. The SMILES string of the molecule is Cc1onc(-c2c(F)cccc2Cl)c1C(=O)Nc1cnc2c(cnn2C(C)C)c1. The van der Waals surface area contributed by atoms with Gasteiger partial charge >= 0.3 is 0 Å². The van der Waals surface area contributed by atoms with E-state index in [0.29, 0.717) is 5.69 Å². The lowest BCUT2D eigenvalue weighted by Gasteiger charge is -2.08. The van der Waals surface area contributed by atoms with Crippen molar-refractivity contribution >= 4 is 34.2 Å². The highest BCUT2D eigenvalue weighted by molar-refractivity contribution is 6.33. The Morgan fingerprint density at radius 3 is 2.83 bits per heavy atom. The van der Waals surface area contributed by atoms with Gasteiger partial charge in [0.05, 0.1) is 28.7 Å². The van der Waals surface area contributed by atoms with Crippen LogP contribution in [0.2, 0.25) is 5.02 Å². The van der Waals surface area contributed by atoms with Crippen molar-refractivity contribution in [3.05, 3.63) is 58.8 Å². The van der Waals surface area contributed by atoms with Gasteiger partial charge in [-0.2, -0.15) is 5.10 Å². The van der Waals surface area contributed by atoms with E-state index in [9.17, 15) is 9.18 Å². The molecule has 7 nitrogen and oxygen atoms in total. The monoisotopic (exact) mass is 413 g/mol. The predicted octanol–water partition coefficient (Wildman–Crippen LogP) is 5.02. The molecular formula is C20H17ClFN5O2. The summed E-state index contributed by atoms with van der Waals surface area (Å²) in [4.78, 5) is 17.3. The number of rotatable bonds is 4. The van der Waals surface area contributed by atoms with Gasteiger partial charge in [0, 0.05) is 11.4 Å². The molecule has 0 unspecified atom stereocenters. The van der Waals surface area contributed by atoms with Gasteiger partial charge in [0.15, 0.2) is 5.65 Å². The molecule has 0 bridgehead atoms. The van der Waals surface area contributed by atoms with Crippen molar-refractivity contribution in [1.29, 1.82) is 0 Å². The van der Waals surface area contributed by atoms with Crippen LogP contribution >= 0.6 is 11.6 Å². The molecule has 0 radical (unpaired) electrons. The Labute approximate surface area is 170 Å². The first-order valence-electron chi connectivity index (χ1n) is 8.92. The largest absolute Gasteiger partial charge is 0.360 e. The third-order valence-electron chi connectivity index (χ3n) is 4.47. The van der Waals surface area contributed by atoms with Crippen molar-refractivity contribution in [2.24, 2.45) is 0 Å². The van der Waals surface area contributed by atoms with Crippen LogP contribution in [0.3, 0.4) is 0 Å². The molecule has 9 heteroatoms. The molecule has 1 N–H and O–H groups in total. The van der Waals surface area contributed by atoms with Gasteiger partial charge in [0.2, 0.25) is 0 Å². The van der Waals surface area contributed by atoms with E-state index in [1.165, 1.54) is 18.2 Å². The summed E-state index contributed by atoms with van der Waals surface area (Å²) in [6.07, 6.45) is 3.23. The summed E-state index contributed by atoms with van der Waals surface area (Å²) in [7, 11) is 0. The minimum absolute atomic E-state index is 0.0166. The fourth-order valence-electron chi connectivity index (χ4n) is 3.11. The Bertz CT molecular complexity index is 1210. The number of halogens is 2. The first-order valence-corrected chi connectivity index (χ1v) is 9.30. The average Bonchev–Trinajstić information content (AvgIpc) is 3.25. The van der Waals surface area contributed by atoms with E-state index < -0.39 is 11.7 Å². The number of hydrogen-bond donors (Lipinski definition) is 1. The van der Waals surface area contributed by atoms with Gasteiger partial charge in [-0.05, 0) is 39.0 Å². The summed E-state index contributed by atoms with van der Waals surface area (Å²) in [5.74, 6) is -0.849. The Morgan fingerprint density at radius 1 is 1.31 bits per heavy atom. The number of benzene rings is 1. The van der Waals surface area contributed by atoms with Crippen LogP contribution < -0.4 is 5.32 Å². The second kappa shape index (κ2) is 7.29. The van der Waals surface area contributed by atoms with Crippen LogP contribution in [0.4, 0.5) is 10.1 Å². The van der Waals surface area contributed by atoms with Crippen LogP contribution in [0.25, 0.3) is 22.3 Å². The van der Waals surface area contributed by atoms with Gasteiger partial charge in [0.25, 0.3) is 5.91 Å². The highest BCUT2D eigenvalue weighted by Gasteiger charge is 2.25. The van der Waals surface area contributed by atoms with Gasteiger partial charge < -0.3 is 9.84 Å². The van der Waals surface area contributed by atoms with Crippen LogP contribution in [0.5, 0.6) is 0 Å². The van der Waals surface area contributed by atoms with Crippen LogP contribution in [0.15, 0.2) is 41.2 Å². The molecule has 0 atom stereocenters. The number of aryl methyl sites for hydroxylation is 1. The topological polar surface area (TPSA) is 85.8 Å². The fraction of sp³-hybridized carbons (Fsp3) is 0.200. The number of fused-ring (bicyclic) bond motifs is 1. The molecule has 0 spiro atoms. The minimum atomic E-state index is -0.593. The second-order valence-corrected chi connectivity index (χ2v) is 7.24. The smallest absolute Gasteiger partial charge is 0.261 e. The van der Waals surface area contributed by atoms with Crippen LogP contribution in [-0.2, 0) is 0 Å². The molecule has 0 aliphatic rings. The van der Waals surface area contributed by atoms with Gasteiger partial charge in [-0.15, -0.1) is 0 Å². The number of nitrogens with one attached hydrogen (secondary N) is 1. The van der Waals surface area contributed by atoms with E-state index in [2.05, 4.69) is 20.6 Å². The molecule has 3 aromatic heterocycles. The number of amides is 1. The van der Waals surface area contributed by atoms with E-state index >= 15 is 0 Å². The highest BCUT2D eigenvalue weighted by atomic mass is 35.5. The van der Waals surface area contributed by atoms with Crippen molar-refractivity contribution in [2.75, 3.05) is 5.32 Å². The maximum Gasteiger partial charge on any atom is 0.261 e. The summed E-state index contributed by atoms with van der Waals surface area (Å²) in [6.45, 7) is 5.59. The number of pyridine rings is 1. The van der Waals surface area contributed by atoms with Crippen molar-refractivity contribution in [3.63, 3.8) is 0 Å². The first kappa shape index (κ1) is 19.1. The molecule has 148 valence electrons. The maximum absolute atomic E-state index is 14.3. The average molecular weight is 414 g/mol. The minimum Gasteiger partial charge on any atom is -0.360 e. The lowest BCUT2D eigenvalue weighted by atomic mass is 10.0. The summed E-state index contributed by atoms with van der Waals surface area (Å²) >= 11 is 6.13. The normalized spacial score (nSPS) is 11.4. The van der Waals surface area contributed by atoms with Gasteiger partial charge in [-0.3, -0.25) is 4.79 Å². The molecule has 29 heavy (non-hydrogen) atoms. The molecule has 1 aromatic carbocycles. The number of hydrogen-bond acceptors (Lipinski definition) is 5. The molecule has 4 rings (SSSR count). The Morgan fingerprint density at radius 2 is 2.10 bits per heavy atom. The standard InChI is InChI=1S/C20H17ClFN5O2/c1-10(2)27-19-12(8-24-27)7-13(9-23-19)25-20(28)16-11(3)29-26-18(16)17-14(21)5-4-6-15(17)22/h4-10H,1-3H3,(H,25,28). The van der Waals surface area contributed by atoms with Crippen LogP contribution in [0.1, 0.15) is 36.0 Å². The van der Waals surface area contributed by atoms with Crippen molar-refractivity contribution in [1.82, 2.24) is 19.9 Å². The summed E-state index contributed by atoms with van der Waals surface area (Å²) in [5.41, 5.74) is 1.36. The van der Waals surface area contributed by atoms with Crippen molar-refractivity contribution in [3.8, 4) is 11.3 Å². The number of carbonyl (C=O) groups excluding carboxylic acids is 1. The zero-order valence-electron chi connectivity index (χ0n) is 15.9. The Hall–Kier alpha value is -3.26. The Kier molecular flexibility index (Phi) is 4.79. The van der Waals surface area contributed by atoms with Gasteiger partial charge in [-0.25, -0.2) is 14.1 Å². The first-order chi connectivity index (χ1) is 13.9. The molecule has 0 saturated carbocycles. The lowest BCUT2D eigenvalue weighted by molar-refractivity contribution is 0.102. The number of aromatic nitrogens is 4. The lowest BCUT2D eigenvalue weighted by Crippen LogP contribution is -2.14. The fourth-order valence-corrected chi connectivity index (χ4v) is 3.37. The summed E-state index contributed by atoms with van der Waals surface area (Å²) < 4.78 is 21.3. The van der Waals surface area contributed by atoms with Crippen molar-refractivity contribution in [2.45, 2.75) is 26.8 Å². The van der Waals surface area contributed by atoms with Crippen LogP contribution in [0, 0.1) is 12.7 Å². The summed E-state index contributed by atoms with van der Waals surface area (Å²) in [5, 5.41) is 11.9. The molecule has 0 aliphatic carbocycles. The zero-order valence-corrected chi connectivity index (χ0v) is 16.7. The van der Waals surface area contributed by atoms with E-state index in [0.717, 1.165) is 11.0 Å². The van der Waals surface area contributed by atoms with E-state index in [1.54, 1.807) is 30.1 Å². The molecule has 0 fully saturated rings. The van der Waals surface area contributed by atoms with Gasteiger partial charge in [0.1, 0.15) is 22.8 Å². The quantitative estimate of drug-likeness (QED) is 0.507. The van der Waals surface area contributed by atoms with E-state index in [4.69, 9.17) is 16.1 Å². The second-order valence-electron chi connectivity index (χ2n) is 6.83. The molecule has 1 amide bonds.